The first kappa shape index (κ1) is 12.7. The van der Waals surface area contributed by atoms with Crippen LogP contribution in [0.15, 0.2) is 17.8 Å². The number of hydrogen-bond acceptors (Lipinski definition) is 6. The lowest BCUT2D eigenvalue weighted by molar-refractivity contribution is -0.139. The summed E-state index contributed by atoms with van der Waals surface area (Å²) < 4.78 is 1.37. The summed E-state index contributed by atoms with van der Waals surface area (Å²) >= 11 is 1.22. The molecule has 1 unspecified atom stereocenters. The van der Waals surface area contributed by atoms with E-state index < -0.39 is 17.9 Å². The maximum Gasteiger partial charge on any atom is 0.326 e. The summed E-state index contributed by atoms with van der Waals surface area (Å²) in [7, 11) is 0. The Bertz CT molecular complexity index is 634. The lowest BCUT2D eigenvalue weighted by atomic mass is 10.2. The molecule has 1 saturated carbocycles. The monoisotopic (exact) mass is 293 g/mol. The Balaban J connectivity index is 1.81. The van der Waals surface area contributed by atoms with Gasteiger partial charge in [-0.25, -0.2) is 4.79 Å². The minimum Gasteiger partial charge on any atom is -0.480 e. The van der Waals surface area contributed by atoms with Gasteiger partial charge in [0.15, 0.2) is 0 Å². The maximum absolute atomic E-state index is 12.2. The van der Waals surface area contributed by atoms with Gasteiger partial charge in [0, 0.05) is 0 Å². The van der Waals surface area contributed by atoms with E-state index in [4.69, 9.17) is 5.11 Å². The second-order valence-corrected chi connectivity index (χ2v) is 5.43. The molecule has 2 aromatic heterocycles. The van der Waals surface area contributed by atoms with Crippen LogP contribution in [0, 0.1) is 5.92 Å². The van der Waals surface area contributed by atoms with Gasteiger partial charge in [0.1, 0.15) is 17.2 Å². The molecule has 8 nitrogen and oxygen atoms in total. The molecule has 3 rings (SSSR count). The lowest BCUT2D eigenvalue weighted by Gasteiger charge is -2.13. The van der Waals surface area contributed by atoms with Crippen molar-refractivity contribution in [2.45, 2.75) is 18.9 Å². The van der Waals surface area contributed by atoms with Crippen molar-refractivity contribution in [3.05, 3.63) is 22.7 Å². The van der Waals surface area contributed by atoms with E-state index in [1.165, 1.54) is 22.3 Å². The average Bonchev–Trinajstić information content (AvgIpc) is 2.94. The van der Waals surface area contributed by atoms with E-state index in [1.54, 1.807) is 11.4 Å². The van der Waals surface area contributed by atoms with Gasteiger partial charge in [-0.1, -0.05) is 0 Å². The summed E-state index contributed by atoms with van der Waals surface area (Å²) in [4.78, 5) is 23.8. The van der Waals surface area contributed by atoms with Crippen molar-refractivity contribution in [2.24, 2.45) is 5.92 Å². The first-order valence-corrected chi connectivity index (χ1v) is 6.89. The highest BCUT2D eigenvalue weighted by Gasteiger charge is 2.37. The predicted octanol–water partition coefficient (Wildman–Crippen LogP) is 0.317. The SMILES string of the molecule is O=C(NC(C(=O)O)C1CC1)c1sccc1-n1cnnn1. The molecule has 104 valence electrons. The summed E-state index contributed by atoms with van der Waals surface area (Å²) in [6.45, 7) is 0. The molecule has 1 aliphatic carbocycles. The zero-order valence-corrected chi connectivity index (χ0v) is 11.1. The van der Waals surface area contributed by atoms with Gasteiger partial charge >= 0.3 is 5.97 Å². The quantitative estimate of drug-likeness (QED) is 0.821. The molecule has 9 heteroatoms. The number of nitrogens with zero attached hydrogens (tertiary/aromatic N) is 4. The van der Waals surface area contributed by atoms with Gasteiger partial charge in [-0.3, -0.25) is 4.79 Å². The van der Waals surface area contributed by atoms with E-state index >= 15 is 0 Å². The number of carboxylic acids is 1. The van der Waals surface area contributed by atoms with Crippen LogP contribution in [0.4, 0.5) is 0 Å². The normalized spacial score (nSPS) is 15.8. The van der Waals surface area contributed by atoms with Crippen LogP contribution in [0.2, 0.25) is 0 Å². The second-order valence-electron chi connectivity index (χ2n) is 4.52. The van der Waals surface area contributed by atoms with Crippen LogP contribution in [0.25, 0.3) is 5.69 Å². The highest BCUT2D eigenvalue weighted by atomic mass is 32.1. The Kier molecular flexibility index (Phi) is 3.18. The summed E-state index contributed by atoms with van der Waals surface area (Å²) in [5, 5.41) is 24.2. The van der Waals surface area contributed by atoms with Gasteiger partial charge in [0.05, 0.1) is 5.69 Å². The van der Waals surface area contributed by atoms with Gasteiger partial charge in [-0.05, 0) is 40.6 Å². The number of tetrazole rings is 1. The minimum atomic E-state index is -0.999. The molecule has 1 aliphatic rings. The fourth-order valence-corrected chi connectivity index (χ4v) is 2.72. The molecule has 0 radical (unpaired) electrons. The summed E-state index contributed by atoms with van der Waals surface area (Å²) in [5.41, 5.74) is 0.539. The summed E-state index contributed by atoms with van der Waals surface area (Å²) in [5.74, 6) is -1.38. The van der Waals surface area contributed by atoms with Crippen LogP contribution >= 0.6 is 11.3 Å². The molecule has 1 amide bonds. The van der Waals surface area contributed by atoms with Crippen molar-refractivity contribution in [1.82, 2.24) is 25.5 Å². The molecule has 0 aromatic carbocycles. The molecular weight excluding hydrogens is 282 g/mol. The third-order valence-corrected chi connectivity index (χ3v) is 3.99. The van der Waals surface area contributed by atoms with E-state index in [0.717, 1.165) is 12.8 Å². The predicted molar refractivity (Wildman–Crippen MR) is 68.6 cm³/mol. The van der Waals surface area contributed by atoms with Crippen LogP contribution in [0.5, 0.6) is 0 Å². The van der Waals surface area contributed by atoms with Crippen molar-refractivity contribution in [2.75, 3.05) is 0 Å². The Hall–Kier alpha value is -2.29. The number of carbonyl (C=O) groups is 2. The molecule has 1 fully saturated rings. The first-order chi connectivity index (χ1) is 9.66. The van der Waals surface area contributed by atoms with Crippen LogP contribution in [-0.4, -0.2) is 43.2 Å². The van der Waals surface area contributed by atoms with Gasteiger partial charge in [0.2, 0.25) is 0 Å². The molecule has 2 aromatic rings. The number of aliphatic carboxylic acids is 1. The third kappa shape index (κ3) is 2.39. The van der Waals surface area contributed by atoms with Crippen molar-refractivity contribution in [3.8, 4) is 5.69 Å². The fraction of sp³-hybridized carbons (Fsp3) is 0.364. The molecule has 0 bridgehead atoms. The number of thiophene rings is 1. The fourth-order valence-electron chi connectivity index (χ4n) is 1.94. The Morgan fingerprint density at radius 1 is 1.50 bits per heavy atom. The van der Waals surface area contributed by atoms with Gasteiger partial charge < -0.3 is 10.4 Å². The number of carboxylic acid groups (broad SMARTS) is 1. The number of rotatable bonds is 5. The number of amides is 1. The summed E-state index contributed by atoms with van der Waals surface area (Å²) in [6.07, 6.45) is 3.05. The van der Waals surface area contributed by atoms with Gasteiger partial charge in [-0.2, -0.15) is 4.68 Å². The lowest BCUT2D eigenvalue weighted by Crippen LogP contribution is -2.42. The van der Waals surface area contributed by atoms with E-state index in [-0.39, 0.29) is 5.92 Å². The van der Waals surface area contributed by atoms with E-state index in [0.29, 0.717) is 10.6 Å². The molecule has 20 heavy (non-hydrogen) atoms. The van der Waals surface area contributed by atoms with Gasteiger partial charge in [0.25, 0.3) is 5.91 Å². The van der Waals surface area contributed by atoms with E-state index in [1.807, 2.05) is 0 Å². The number of aromatic nitrogens is 4. The molecule has 2 heterocycles. The average molecular weight is 293 g/mol. The molecule has 2 N–H and O–H groups in total. The zero-order chi connectivity index (χ0) is 14.1. The summed E-state index contributed by atoms with van der Waals surface area (Å²) in [6, 6.07) is 0.884. The standard InChI is InChI=1S/C11H11N5O3S/c17-10(13-8(11(18)19)6-1-2-6)9-7(3-4-20-9)16-5-12-14-15-16/h3-6,8H,1-2H2,(H,13,17)(H,18,19). The number of hydrogen-bond donors (Lipinski definition) is 2. The molecular formula is C11H11N5O3S. The molecule has 0 saturated heterocycles. The maximum atomic E-state index is 12.2. The Morgan fingerprint density at radius 3 is 2.90 bits per heavy atom. The van der Waals surface area contributed by atoms with Crippen molar-refractivity contribution in [1.29, 1.82) is 0 Å². The zero-order valence-electron chi connectivity index (χ0n) is 10.3. The van der Waals surface area contributed by atoms with Crippen LogP contribution in [-0.2, 0) is 4.79 Å². The first-order valence-electron chi connectivity index (χ1n) is 6.01. The van der Waals surface area contributed by atoms with Crippen LogP contribution < -0.4 is 5.32 Å². The molecule has 0 aliphatic heterocycles. The third-order valence-electron chi connectivity index (χ3n) is 3.09. The highest BCUT2D eigenvalue weighted by Crippen LogP contribution is 2.33. The van der Waals surface area contributed by atoms with E-state index in [9.17, 15) is 9.59 Å². The smallest absolute Gasteiger partial charge is 0.326 e. The van der Waals surface area contributed by atoms with Crippen molar-refractivity contribution < 1.29 is 14.7 Å². The number of nitrogens with one attached hydrogen (secondary N) is 1. The van der Waals surface area contributed by atoms with Crippen molar-refractivity contribution >= 4 is 23.2 Å². The Morgan fingerprint density at radius 2 is 2.30 bits per heavy atom. The molecule has 1 atom stereocenters. The minimum absolute atomic E-state index is 0.0351. The van der Waals surface area contributed by atoms with Gasteiger partial charge in [-0.15, -0.1) is 16.4 Å². The molecule has 0 spiro atoms. The van der Waals surface area contributed by atoms with Crippen LogP contribution in [0.1, 0.15) is 22.5 Å². The van der Waals surface area contributed by atoms with Crippen molar-refractivity contribution in [3.63, 3.8) is 0 Å². The second kappa shape index (κ2) is 5.00. The van der Waals surface area contributed by atoms with E-state index in [2.05, 4.69) is 20.8 Å². The number of carbonyl (C=O) groups excluding carboxylic acids is 1. The topological polar surface area (TPSA) is 110 Å². The highest BCUT2D eigenvalue weighted by molar-refractivity contribution is 7.12. The Labute approximate surface area is 117 Å². The largest absolute Gasteiger partial charge is 0.480 e. The van der Waals surface area contributed by atoms with Crippen LogP contribution in [0.3, 0.4) is 0 Å².